The standard InChI is InChI=1S/C26H26N2O/c1-26(2,3)23-17-15-22(16-18-23)25(29)28-27-24(21-12-8-5-9-13-21)19-14-20-10-6-4-7-11-20/h4-19H,1-3H3,(H,28,29)/b19-14-,27-24?. The Morgan fingerprint density at radius 2 is 1.38 bits per heavy atom. The van der Waals surface area contributed by atoms with E-state index in [1.54, 1.807) is 0 Å². The number of amides is 1. The highest BCUT2D eigenvalue weighted by Crippen LogP contribution is 2.22. The van der Waals surface area contributed by atoms with Crippen LogP contribution in [0.4, 0.5) is 0 Å². The summed E-state index contributed by atoms with van der Waals surface area (Å²) >= 11 is 0. The Labute approximate surface area is 172 Å². The first kappa shape index (κ1) is 20.3. The molecule has 0 saturated carbocycles. The van der Waals surface area contributed by atoms with Crippen LogP contribution in [-0.2, 0) is 5.41 Å². The van der Waals surface area contributed by atoms with Crippen LogP contribution in [-0.4, -0.2) is 11.6 Å². The van der Waals surface area contributed by atoms with E-state index in [2.05, 4.69) is 31.3 Å². The summed E-state index contributed by atoms with van der Waals surface area (Å²) in [7, 11) is 0. The van der Waals surface area contributed by atoms with Crippen molar-refractivity contribution in [2.24, 2.45) is 5.10 Å². The molecule has 0 saturated heterocycles. The predicted molar refractivity (Wildman–Crippen MR) is 121 cm³/mol. The molecule has 1 amide bonds. The minimum atomic E-state index is -0.230. The molecule has 0 aliphatic rings. The molecule has 3 aromatic rings. The Kier molecular flexibility index (Phi) is 6.40. The largest absolute Gasteiger partial charge is 0.271 e. The zero-order chi connectivity index (χ0) is 20.7. The van der Waals surface area contributed by atoms with Crippen LogP contribution in [0.2, 0.25) is 0 Å². The summed E-state index contributed by atoms with van der Waals surface area (Å²) in [6, 6.07) is 27.5. The van der Waals surface area contributed by atoms with E-state index in [1.165, 1.54) is 5.56 Å². The normalized spacial score (nSPS) is 12.2. The summed E-state index contributed by atoms with van der Waals surface area (Å²) in [5, 5.41) is 4.39. The fraction of sp³-hybridized carbons (Fsp3) is 0.154. The third-order valence-electron chi connectivity index (χ3n) is 4.59. The first-order valence-corrected chi connectivity index (χ1v) is 9.70. The molecule has 0 aliphatic carbocycles. The van der Waals surface area contributed by atoms with Crippen molar-refractivity contribution in [3.8, 4) is 0 Å². The van der Waals surface area contributed by atoms with Gasteiger partial charge in [0.15, 0.2) is 0 Å². The third-order valence-corrected chi connectivity index (χ3v) is 4.59. The van der Waals surface area contributed by atoms with E-state index in [0.29, 0.717) is 11.3 Å². The van der Waals surface area contributed by atoms with Gasteiger partial charge in [-0.15, -0.1) is 0 Å². The maximum absolute atomic E-state index is 12.6. The van der Waals surface area contributed by atoms with Gasteiger partial charge in [0.2, 0.25) is 0 Å². The van der Waals surface area contributed by atoms with Gasteiger partial charge in [0, 0.05) is 11.1 Å². The van der Waals surface area contributed by atoms with E-state index in [-0.39, 0.29) is 11.3 Å². The highest BCUT2D eigenvalue weighted by molar-refractivity contribution is 6.11. The van der Waals surface area contributed by atoms with Crippen molar-refractivity contribution in [3.05, 3.63) is 113 Å². The van der Waals surface area contributed by atoms with Gasteiger partial charge in [-0.3, -0.25) is 4.79 Å². The topological polar surface area (TPSA) is 41.5 Å². The quantitative estimate of drug-likeness (QED) is 0.438. The van der Waals surface area contributed by atoms with E-state index in [4.69, 9.17) is 0 Å². The molecule has 0 spiro atoms. The smallest absolute Gasteiger partial charge is 0.267 e. The lowest BCUT2D eigenvalue weighted by Gasteiger charge is -2.18. The summed E-state index contributed by atoms with van der Waals surface area (Å²) in [6.45, 7) is 6.45. The van der Waals surface area contributed by atoms with Gasteiger partial charge < -0.3 is 0 Å². The maximum Gasteiger partial charge on any atom is 0.271 e. The van der Waals surface area contributed by atoms with Crippen LogP contribution in [0, 0.1) is 0 Å². The van der Waals surface area contributed by atoms with E-state index >= 15 is 0 Å². The molecule has 0 unspecified atom stereocenters. The van der Waals surface area contributed by atoms with Crippen molar-refractivity contribution >= 4 is 17.7 Å². The maximum atomic E-state index is 12.6. The minimum absolute atomic E-state index is 0.0515. The number of nitrogens with zero attached hydrogens (tertiary/aromatic N) is 1. The van der Waals surface area contributed by atoms with Crippen molar-refractivity contribution in [1.82, 2.24) is 5.43 Å². The highest BCUT2D eigenvalue weighted by atomic mass is 16.2. The molecule has 146 valence electrons. The number of carbonyl (C=O) groups excluding carboxylic acids is 1. The third kappa shape index (κ3) is 5.76. The fourth-order valence-electron chi connectivity index (χ4n) is 2.84. The molecule has 1 N–H and O–H groups in total. The molecule has 0 aliphatic heterocycles. The Morgan fingerprint density at radius 3 is 1.97 bits per heavy atom. The summed E-state index contributed by atoms with van der Waals surface area (Å²) in [6.07, 6.45) is 3.89. The van der Waals surface area contributed by atoms with Crippen LogP contribution in [0.15, 0.2) is 96.1 Å². The first-order chi connectivity index (χ1) is 13.9. The van der Waals surface area contributed by atoms with Crippen LogP contribution < -0.4 is 5.43 Å². The molecule has 3 nitrogen and oxygen atoms in total. The van der Waals surface area contributed by atoms with Crippen LogP contribution in [0.1, 0.15) is 47.8 Å². The summed E-state index contributed by atoms with van der Waals surface area (Å²) in [5.41, 5.74) is 7.21. The second kappa shape index (κ2) is 9.16. The van der Waals surface area contributed by atoms with Crippen molar-refractivity contribution in [1.29, 1.82) is 0 Å². The van der Waals surface area contributed by atoms with E-state index in [0.717, 1.165) is 11.1 Å². The lowest BCUT2D eigenvalue weighted by molar-refractivity contribution is 0.0955. The fourth-order valence-corrected chi connectivity index (χ4v) is 2.84. The molecule has 29 heavy (non-hydrogen) atoms. The van der Waals surface area contributed by atoms with E-state index in [9.17, 15) is 4.79 Å². The van der Waals surface area contributed by atoms with Crippen molar-refractivity contribution < 1.29 is 4.79 Å². The van der Waals surface area contributed by atoms with E-state index < -0.39 is 0 Å². The molecule has 3 heteroatoms. The van der Waals surface area contributed by atoms with Gasteiger partial charge in [0.25, 0.3) is 5.91 Å². The van der Waals surface area contributed by atoms with Gasteiger partial charge in [-0.25, -0.2) is 5.43 Å². The molecule has 0 aromatic heterocycles. The number of nitrogens with one attached hydrogen (secondary N) is 1. The predicted octanol–water partition coefficient (Wildman–Crippen LogP) is 5.83. The molecular weight excluding hydrogens is 356 g/mol. The molecule has 3 rings (SSSR count). The van der Waals surface area contributed by atoms with Crippen LogP contribution >= 0.6 is 0 Å². The molecule has 0 radical (unpaired) electrons. The highest BCUT2D eigenvalue weighted by Gasteiger charge is 2.14. The Bertz CT molecular complexity index is 996. The van der Waals surface area contributed by atoms with Crippen LogP contribution in [0.3, 0.4) is 0 Å². The average Bonchev–Trinajstić information content (AvgIpc) is 2.74. The van der Waals surface area contributed by atoms with Gasteiger partial charge in [-0.05, 0) is 34.8 Å². The van der Waals surface area contributed by atoms with Crippen LogP contribution in [0.5, 0.6) is 0 Å². The van der Waals surface area contributed by atoms with Crippen molar-refractivity contribution in [2.45, 2.75) is 26.2 Å². The van der Waals surface area contributed by atoms with Crippen molar-refractivity contribution in [2.75, 3.05) is 0 Å². The summed E-state index contributed by atoms with van der Waals surface area (Å²) in [5.74, 6) is -0.230. The van der Waals surface area contributed by atoms with Crippen molar-refractivity contribution in [3.63, 3.8) is 0 Å². The minimum Gasteiger partial charge on any atom is -0.267 e. The van der Waals surface area contributed by atoms with Gasteiger partial charge in [0.1, 0.15) is 0 Å². The second-order valence-electron chi connectivity index (χ2n) is 7.88. The Morgan fingerprint density at radius 1 is 0.793 bits per heavy atom. The number of rotatable bonds is 5. The summed E-state index contributed by atoms with van der Waals surface area (Å²) < 4.78 is 0. The molecular formula is C26H26N2O. The molecule has 3 aromatic carbocycles. The number of benzene rings is 3. The zero-order valence-corrected chi connectivity index (χ0v) is 17.1. The SMILES string of the molecule is CC(C)(C)c1ccc(C(=O)NN=C(/C=C\c2ccccc2)c2ccccc2)cc1. The lowest BCUT2D eigenvalue weighted by atomic mass is 9.87. The second-order valence-corrected chi connectivity index (χ2v) is 7.88. The molecule has 0 heterocycles. The number of hydrazone groups is 1. The summed E-state index contributed by atoms with van der Waals surface area (Å²) in [4.78, 5) is 12.6. The van der Waals surface area contributed by atoms with Gasteiger partial charge in [0.05, 0.1) is 5.71 Å². The number of hydrogen-bond donors (Lipinski definition) is 1. The first-order valence-electron chi connectivity index (χ1n) is 9.70. The Hall–Kier alpha value is -3.46. The average molecular weight is 383 g/mol. The van der Waals surface area contributed by atoms with Gasteiger partial charge in [-0.2, -0.15) is 5.10 Å². The zero-order valence-electron chi connectivity index (χ0n) is 17.1. The lowest BCUT2D eigenvalue weighted by Crippen LogP contribution is -2.20. The number of hydrogen-bond acceptors (Lipinski definition) is 2. The molecule has 0 atom stereocenters. The van der Waals surface area contributed by atoms with Crippen LogP contribution in [0.25, 0.3) is 6.08 Å². The molecule has 0 bridgehead atoms. The Balaban J connectivity index is 1.80. The number of allylic oxidation sites excluding steroid dienone is 1. The monoisotopic (exact) mass is 382 g/mol. The molecule has 0 fully saturated rings. The number of carbonyl (C=O) groups is 1. The van der Waals surface area contributed by atoms with Gasteiger partial charge in [-0.1, -0.05) is 99.6 Å². The van der Waals surface area contributed by atoms with Gasteiger partial charge >= 0.3 is 0 Å². The van der Waals surface area contributed by atoms with E-state index in [1.807, 2.05) is 97.1 Å².